The van der Waals surface area contributed by atoms with Crippen molar-refractivity contribution < 1.29 is 9.21 Å². The van der Waals surface area contributed by atoms with Gasteiger partial charge in [0.1, 0.15) is 6.26 Å². The van der Waals surface area contributed by atoms with Crippen molar-refractivity contribution in [1.29, 1.82) is 0 Å². The van der Waals surface area contributed by atoms with Crippen molar-refractivity contribution >= 4 is 5.91 Å². The van der Waals surface area contributed by atoms with E-state index in [9.17, 15) is 4.79 Å². The molecular weight excluding hydrogens is 338 g/mol. The van der Waals surface area contributed by atoms with Gasteiger partial charge in [0.05, 0.1) is 12.1 Å². The van der Waals surface area contributed by atoms with E-state index in [0.29, 0.717) is 18.1 Å². The van der Waals surface area contributed by atoms with Gasteiger partial charge in [0, 0.05) is 18.7 Å². The van der Waals surface area contributed by atoms with E-state index in [2.05, 4.69) is 46.5 Å². The number of carbonyl (C=O) groups is 1. The molecule has 0 fully saturated rings. The van der Waals surface area contributed by atoms with Gasteiger partial charge < -0.3 is 14.6 Å². The Kier molecular flexibility index (Phi) is 6.77. The Bertz CT molecular complexity index is 831. The molecule has 0 atom stereocenters. The van der Waals surface area contributed by atoms with Gasteiger partial charge in [-0.1, -0.05) is 48.5 Å². The number of hydrogen-bond donors (Lipinski definition) is 1. The Hall–Kier alpha value is -2.92. The fraction of sp³-hybridized carbons (Fsp3) is 0.273. The van der Waals surface area contributed by atoms with E-state index in [1.165, 1.54) is 5.56 Å². The third kappa shape index (κ3) is 6.08. The fourth-order valence-electron chi connectivity index (χ4n) is 2.88. The van der Waals surface area contributed by atoms with Crippen LogP contribution < -0.4 is 5.32 Å². The van der Waals surface area contributed by atoms with Crippen LogP contribution in [0.4, 0.5) is 0 Å². The maximum atomic E-state index is 12.1. The van der Waals surface area contributed by atoms with E-state index < -0.39 is 0 Å². The summed E-state index contributed by atoms with van der Waals surface area (Å²) in [5.41, 5.74) is 2.85. The number of oxazole rings is 1. The minimum atomic E-state index is -0.0337. The first kappa shape index (κ1) is 18.9. The molecule has 0 aliphatic carbocycles. The van der Waals surface area contributed by atoms with Gasteiger partial charge in [0.15, 0.2) is 0 Å². The first-order valence-electron chi connectivity index (χ1n) is 9.20. The molecule has 0 aliphatic rings. The van der Waals surface area contributed by atoms with Crippen LogP contribution in [0.2, 0.25) is 0 Å². The van der Waals surface area contributed by atoms with Gasteiger partial charge in [0.25, 0.3) is 0 Å². The number of benzene rings is 2. The molecule has 0 unspecified atom stereocenters. The number of rotatable bonds is 9. The zero-order valence-corrected chi connectivity index (χ0v) is 15.6. The highest BCUT2D eigenvalue weighted by Crippen LogP contribution is 2.18. The molecule has 0 saturated heterocycles. The summed E-state index contributed by atoms with van der Waals surface area (Å²) < 4.78 is 5.47. The van der Waals surface area contributed by atoms with Gasteiger partial charge in [0.2, 0.25) is 11.8 Å². The predicted octanol–water partition coefficient (Wildman–Crippen LogP) is 3.52. The fourth-order valence-corrected chi connectivity index (χ4v) is 2.88. The molecule has 2 aromatic carbocycles. The highest BCUT2D eigenvalue weighted by molar-refractivity contribution is 5.78. The lowest BCUT2D eigenvalue weighted by Gasteiger charge is -2.16. The summed E-state index contributed by atoms with van der Waals surface area (Å²) in [7, 11) is 2.09. The molecule has 27 heavy (non-hydrogen) atoms. The monoisotopic (exact) mass is 363 g/mol. The second kappa shape index (κ2) is 9.69. The van der Waals surface area contributed by atoms with Crippen molar-refractivity contribution in [3.05, 3.63) is 78.2 Å². The van der Waals surface area contributed by atoms with Gasteiger partial charge in [-0.15, -0.1) is 0 Å². The van der Waals surface area contributed by atoms with Crippen LogP contribution >= 0.6 is 0 Å². The molecule has 3 rings (SSSR count). The smallest absolute Gasteiger partial charge is 0.226 e. The summed E-state index contributed by atoms with van der Waals surface area (Å²) >= 11 is 0. The second-order valence-electron chi connectivity index (χ2n) is 6.61. The maximum Gasteiger partial charge on any atom is 0.226 e. The average molecular weight is 363 g/mol. The standard InChI is InChI=1S/C22H25N3O2/c1-25(16-18-9-4-2-5-10-18)14-8-13-23-21(26)15-20-17-27-22(24-20)19-11-6-3-7-12-19/h2-7,9-12,17H,8,13-16H2,1H3,(H,23,26). The van der Waals surface area contributed by atoms with Crippen LogP contribution in [-0.4, -0.2) is 35.9 Å². The summed E-state index contributed by atoms with van der Waals surface area (Å²) in [6.45, 7) is 2.49. The maximum absolute atomic E-state index is 12.1. The molecule has 0 radical (unpaired) electrons. The zero-order valence-electron chi connectivity index (χ0n) is 15.6. The van der Waals surface area contributed by atoms with Gasteiger partial charge in [-0.05, 0) is 37.7 Å². The summed E-state index contributed by atoms with van der Waals surface area (Å²) in [6.07, 6.45) is 2.69. The van der Waals surface area contributed by atoms with E-state index in [4.69, 9.17) is 4.42 Å². The third-order valence-corrected chi connectivity index (χ3v) is 4.25. The molecular formula is C22H25N3O2. The number of carbonyl (C=O) groups excluding carboxylic acids is 1. The Morgan fingerprint density at radius 2 is 1.78 bits per heavy atom. The molecule has 0 bridgehead atoms. The van der Waals surface area contributed by atoms with Crippen LogP contribution in [0.3, 0.4) is 0 Å². The molecule has 0 aliphatic heterocycles. The SMILES string of the molecule is CN(CCCNC(=O)Cc1coc(-c2ccccc2)n1)Cc1ccccc1. The van der Waals surface area contributed by atoms with E-state index in [0.717, 1.165) is 25.1 Å². The van der Waals surface area contributed by atoms with E-state index in [1.54, 1.807) is 6.26 Å². The van der Waals surface area contributed by atoms with E-state index in [-0.39, 0.29) is 12.3 Å². The van der Waals surface area contributed by atoms with Gasteiger partial charge >= 0.3 is 0 Å². The molecule has 5 nitrogen and oxygen atoms in total. The molecule has 1 heterocycles. The van der Waals surface area contributed by atoms with Crippen LogP contribution in [-0.2, 0) is 17.8 Å². The van der Waals surface area contributed by atoms with Crippen LogP contribution in [0, 0.1) is 0 Å². The molecule has 0 spiro atoms. The van der Waals surface area contributed by atoms with Crippen LogP contribution in [0.25, 0.3) is 11.5 Å². The summed E-state index contributed by atoms with van der Waals surface area (Å²) in [6, 6.07) is 20.0. The summed E-state index contributed by atoms with van der Waals surface area (Å²) in [4.78, 5) is 18.7. The number of amides is 1. The highest BCUT2D eigenvalue weighted by Gasteiger charge is 2.10. The number of nitrogens with one attached hydrogen (secondary N) is 1. The quantitative estimate of drug-likeness (QED) is 0.591. The molecule has 1 amide bonds. The molecule has 3 aromatic rings. The zero-order chi connectivity index (χ0) is 18.9. The normalized spacial score (nSPS) is 10.9. The van der Waals surface area contributed by atoms with Crippen molar-refractivity contribution in [3.63, 3.8) is 0 Å². The Labute approximate surface area is 160 Å². The Balaban J connectivity index is 1.36. The first-order chi connectivity index (χ1) is 13.2. The van der Waals surface area contributed by atoms with Crippen LogP contribution in [0.5, 0.6) is 0 Å². The predicted molar refractivity (Wildman–Crippen MR) is 106 cm³/mol. The molecule has 1 aromatic heterocycles. The van der Waals surface area contributed by atoms with Crippen molar-refractivity contribution in [2.45, 2.75) is 19.4 Å². The number of nitrogens with zero attached hydrogens (tertiary/aromatic N) is 2. The second-order valence-corrected chi connectivity index (χ2v) is 6.61. The van der Waals surface area contributed by atoms with Crippen molar-refractivity contribution in [1.82, 2.24) is 15.2 Å². The van der Waals surface area contributed by atoms with Gasteiger partial charge in [-0.3, -0.25) is 4.79 Å². The minimum absolute atomic E-state index is 0.0337. The Morgan fingerprint density at radius 3 is 2.52 bits per heavy atom. The van der Waals surface area contributed by atoms with Gasteiger partial charge in [-0.2, -0.15) is 0 Å². The average Bonchev–Trinajstić information content (AvgIpc) is 3.15. The van der Waals surface area contributed by atoms with Crippen molar-refractivity contribution in [2.75, 3.05) is 20.1 Å². The molecule has 5 heteroatoms. The van der Waals surface area contributed by atoms with Crippen molar-refractivity contribution in [3.8, 4) is 11.5 Å². The lowest BCUT2D eigenvalue weighted by atomic mass is 10.2. The third-order valence-electron chi connectivity index (χ3n) is 4.25. The van der Waals surface area contributed by atoms with Gasteiger partial charge in [-0.25, -0.2) is 4.98 Å². The molecule has 0 saturated carbocycles. The van der Waals surface area contributed by atoms with Crippen molar-refractivity contribution in [2.24, 2.45) is 0 Å². The topological polar surface area (TPSA) is 58.4 Å². The first-order valence-corrected chi connectivity index (χ1v) is 9.20. The van der Waals surface area contributed by atoms with E-state index in [1.807, 2.05) is 36.4 Å². The summed E-state index contributed by atoms with van der Waals surface area (Å²) in [5, 5.41) is 2.95. The number of hydrogen-bond acceptors (Lipinski definition) is 4. The largest absolute Gasteiger partial charge is 0.444 e. The molecule has 140 valence electrons. The van der Waals surface area contributed by atoms with E-state index >= 15 is 0 Å². The lowest BCUT2D eigenvalue weighted by molar-refractivity contribution is -0.120. The minimum Gasteiger partial charge on any atom is -0.444 e. The van der Waals surface area contributed by atoms with Crippen LogP contribution in [0.15, 0.2) is 71.3 Å². The lowest BCUT2D eigenvalue weighted by Crippen LogP contribution is -2.29. The summed E-state index contributed by atoms with van der Waals surface area (Å²) in [5.74, 6) is 0.509. The molecule has 1 N–H and O–H groups in total. The highest BCUT2D eigenvalue weighted by atomic mass is 16.3. The van der Waals surface area contributed by atoms with Crippen LogP contribution in [0.1, 0.15) is 17.7 Å². The number of aromatic nitrogens is 1. The Morgan fingerprint density at radius 1 is 1.07 bits per heavy atom.